The van der Waals surface area contributed by atoms with Crippen molar-refractivity contribution in [2.24, 2.45) is 0 Å². The van der Waals surface area contributed by atoms with Crippen molar-refractivity contribution < 1.29 is 0 Å². The van der Waals surface area contributed by atoms with E-state index in [0.717, 1.165) is 30.2 Å². The summed E-state index contributed by atoms with van der Waals surface area (Å²) in [5, 5.41) is 4.41. The third-order valence-electron chi connectivity index (χ3n) is 6.27. The van der Waals surface area contributed by atoms with Crippen molar-refractivity contribution in [2.45, 2.75) is 52.6 Å². The molecule has 0 unspecified atom stereocenters. The van der Waals surface area contributed by atoms with Gasteiger partial charge < -0.3 is 14.8 Å². The summed E-state index contributed by atoms with van der Waals surface area (Å²) < 4.78 is 2.37. The van der Waals surface area contributed by atoms with Crippen LogP contribution in [0, 0.1) is 20.8 Å². The van der Waals surface area contributed by atoms with Crippen LogP contribution in [0.25, 0.3) is 5.69 Å². The smallest absolute Gasteiger partial charge is 0.170 e. The number of para-hydroxylation sites is 1. The number of rotatable bonds is 6. The molecule has 2 atom stereocenters. The van der Waals surface area contributed by atoms with E-state index in [2.05, 4.69) is 89.9 Å². The summed E-state index contributed by atoms with van der Waals surface area (Å²) in [5.41, 5.74) is 7.47. The van der Waals surface area contributed by atoms with Gasteiger partial charge in [-0.25, -0.2) is 0 Å². The summed E-state index contributed by atoms with van der Waals surface area (Å²) in [5.74, 6) is 0. The van der Waals surface area contributed by atoms with Gasteiger partial charge in [0.25, 0.3) is 0 Å². The molecule has 0 aliphatic carbocycles. The van der Waals surface area contributed by atoms with Crippen LogP contribution < -0.4 is 5.32 Å². The van der Waals surface area contributed by atoms with Gasteiger partial charge in [-0.15, -0.1) is 0 Å². The van der Waals surface area contributed by atoms with Gasteiger partial charge in [0, 0.05) is 35.4 Å². The van der Waals surface area contributed by atoms with Crippen molar-refractivity contribution in [3.63, 3.8) is 0 Å². The molecule has 3 aromatic rings. The molecule has 0 spiro atoms. The first-order valence-corrected chi connectivity index (χ1v) is 11.2. The van der Waals surface area contributed by atoms with Crippen LogP contribution in [-0.2, 0) is 0 Å². The molecule has 1 fully saturated rings. The number of aromatic nitrogens is 2. The minimum Gasteiger partial charge on any atom is -0.352 e. The molecule has 1 aliphatic heterocycles. The maximum atomic E-state index is 5.81. The van der Waals surface area contributed by atoms with Crippen LogP contribution >= 0.6 is 12.2 Å². The Hall–Kier alpha value is -2.66. The largest absolute Gasteiger partial charge is 0.352 e. The number of thiocarbonyl (C=S) groups is 1. The molecule has 4 nitrogen and oxygen atoms in total. The highest BCUT2D eigenvalue weighted by atomic mass is 32.1. The molecule has 5 heteroatoms. The second-order valence-corrected chi connectivity index (χ2v) is 8.44. The van der Waals surface area contributed by atoms with E-state index in [1.54, 1.807) is 0 Å². The van der Waals surface area contributed by atoms with Gasteiger partial charge in [-0.3, -0.25) is 4.98 Å². The summed E-state index contributed by atoms with van der Waals surface area (Å²) in [7, 11) is 0. The fraction of sp³-hybridized carbons (Fsp3) is 0.360. The predicted molar refractivity (Wildman–Crippen MR) is 127 cm³/mol. The molecule has 3 heterocycles. The van der Waals surface area contributed by atoms with E-state index < -0.39 is 0 Å². The Morgan fingerprint density at radius 1 is 1.00 bits per heavy atom. The van der Waals surface area contributed by atoms with Gasteiger partial charge in [0.15, 0.2) is 5.11 Å². The normalized spacial score (nSPS) is 18.7. The van der Waals surface area contributed by atoms with Crippen molar-refractivity contribution in [1.29, 1.82) is 0 Å². The lowest BCUT2D eigenvalue weighted by molar-refractivity contribution is 0.311. The zero-order valence-electron chi connectivity index (χ0n) is 18.2. The Bertz CT molecular complexity index is 1030. The van der Waals surface area contributed by atoms with E-state index in [1.807, 2.05) is 12.3 Å². The molecule has 0 amide bonds. The highest BCUT2D eigenvalue weighted by Crippen LogP contribution is 2.43. The van der Waals surface area contributed by atoms with Crippen LogP contribution in [0.2, 0.25) is 0 Å². The average molecular weight is 419 g/mol. The summed E-state index contributed by atoms with van der Waals surface area (Å²) in [6.45, 7) is 9.87. The SMILES string of the molecule is CCCCN1C(=S)N[C@@H](c2ccccn2)[C@H]1c1c(C)c(C)n(-c2ccccc2)c1C. The van der Waals surface area contributed by atoms with Crippen molar-refractivity contribution >= 4 is 17.3 Å². The molecule has 156 valence electrons. The third kappa shape index (κ3) is 3.52. The van der Waals surface area contributed by atoms with Gasteiger partial charge in [-0.2, -0.15) is 0 Å². The first-order chi connectivity index (χ1) is 14.5. The predicted octanol–water partition coefficient (Wildman–Crippen LogP) is 5.57. The number of nitrogens with zero attached hydrogens (tertiary/aromatic N) is 3. The van der Waals surface area contributed by atoms with E-state index in [0.29, 0.717) is 0 Å². The summed E-state index contributed by atoms with van der Waals surface area (Å²) >= 11 is 5.81. The molecule has 2 aromatic heterocycles. The average Bonchev–Trinajstić information content (AvgIpc) is 3.20. The van der Waals surface area contributed by atoms with Crippen molar-refractivity contribution in [3.8, 4) is 5.69 Å². The number of nitrogens with one attached hydrogen (secondary N) is 1. The molecule has 0 saturated carbocycles. The van der Waals surface area contributed by atoms with Gasteiger partial charge in [-0.1, -0.05) is 37.6 Å². The van der Waals surface area contributed by atoms with Gasteiger partial charge in [0.2, 0.25) is 0 Å². The van der Waals surface area contributed by atoms with Crippen LogP contribution in [0.5, 0.6) is 0 Å². The van der Waals surface area contributed by atoms with Crippen LogP contribution in [0.15, 0.2) is 54.7 Å². The lowest BCUT2D eigenvalue weighted by Gasteiger charge is -2.29. The lowest BCUT2D eigenvalue weighted by Crippen LogP contribution is -2.31. The van der Waals surface area contributed by atoms with Crippen LogP contribution in [0.3, 0.4) is 0 Å². The highest BCUT2D eigenvalue weighted by molar-refractivity contribution is 7.80. The second-order valence-electron chi connectivity index (χ2n) is 8.05. The Morgan fingerprint density at radius 2 is 1.73 bits per heavy atom. The van der Waals surface area contributed by atoms with Gasteiger partial charge in [0.05, 0.1) is 17.8 Å². The highest BCUT2D eigenvalue weighted by Gasteiger charge is 2.42. The van der Waals surface area contributed by atoms with E-state index in [4.69, 9.17) is 12.2 Å². The summed E-state index contributed by atoms with van der Waals surface area (Å²) in [4.78, 5) is 7.05. The fourth-order valence-electron chi connectivity index (χ4n) is 4.69. The summed E-state index contributed by atoms with van der Waals surface area (Å²) in [6, 6.07) is 16.9. The number of hydrogen-bond donors (Lipinski definition) is 1. The van der Waals surface area contributed by atoms with E-state index in [1.165, 1.54) is 28.2 Å². The third-order valence-corrected chi connectivity index (χ3v) is 6.62. The Morgan fingerprint density at radius 3 is 2.40 bits per heavy atom. The standard InChI is InChI=1S/C25H30N4S/c1-5-6-16-28-24(23(27-25(28)30)21-14-10-11-15-26-21)22-17(2)18(3)29(19(22)4)20-12-8-7-9-13-20/h7-15,23-24H,5-6,16H2,1-4H3,(H,27,30)/t23-,24+/m0/s1. The monoisotopic (exact) mass is 418 g/mol. The molecule has 4 rings (SSSR count). The minimum absolute atomic E-state index is 0.0407. The zero-order chi connectivity index (χ0) is 21.3. The number of pyridine rings is 1. The van der Waals surface area contributed by atoms with Crippen molar-refractivity contribution in [1.82, 2.24) is 19.8 Å². The Labute approximate surface area is 184 Å². The van der Waals surface area contributed by atoms with E-state index in [-0.39, 0.29) is 12.1 Å². The molecule has 1 aliphatic rings. The first kappa shape index (κ1) is 20.6. The maximum Gasteiger partial charge on any atom is 0.170 e. The Balaban J connectivity index is 1.87. The first-order valence-electron chi connectivity index (χ1n) is 10.8. The van der Waals surface area contributed by atoms with Crippen molar-refractivity contribution in [3.05, 3.63) is 82.9 Å². The molecular weight excluding hydrogens is 388 g/mol. The Kier molecular flexibility index (Phi) is 5.91. The number of benzene rings is 1. The minimum atomic E-state index is 0.0407. The number of hydrogen-bond acceptors (Lipinski definition) is 2. The van der Waals surface area contributed by atoms with E-state index in [9.17, 15) is 0 Å². The maximum absolute atomic E-state index is 5.81. The zero-order valence-corrected chi connectivity index (χ0v) is 19.0. The summed E-state index contributed by atoms with van der Waals surface area (Å²) in [6.07, 6.45) is 4.12. The van der Waals surface area contributed by atoms with Crippen molar-refractivity contribution in [2.75, 3.05) is 6.54 Å². The molecule has 0 radical (unpaired) electrons. The van der Waals surface area contributed by atoms with E-state index >= 15 is 0 Å². The van der Waals surface area contributed by atoms with Gasteiger partial charge >= 0.3 is 0 Å². The lowest BCUT2D eigenvalue weighted by atomic mass is 9.93. The van der Waals surface area contributed by atoms with Crippen LogP contribution in [0.4, 0.5) is 0 Å². The topological polar surface area (TPSA) is 33.1 Å². The number of unbranched alkanes of at least 4 members (excludes halogenated alkanes) is 1. The van der Waals surface area contributed by atoms with Crippen LogP contribution in [-0.4, -0.2) is 26.1 Å². The molecule has 1 saturated heterocycles. The molecule has 1 N–H and O–H groups in total. The quantitative estimate of drug-likeness (QED) is 0.531. The molecule has 0 bridgehead atoms. The fourth-order valence-corrected chi connectivity index (χ4v) is 5.03. The van der Waals surface area contributed by atoms with Gasteiger partial charge in [0.1, 0.15) is 0 Å². The molecule has 1 aromatic carbocycles. The second kappa shape index (κ2) is 8.60. The molecular formula is C25H30N4S. The van der Waals surface area contributed by atoms with Gasteiger partial charge in [-0.05, 0) is 69.2 Å². The molecule has 30 heavy (non-hydrogen) atoms. The van der Waals surface area contributed by atoms with Crippen LogP contribution in [0.1, 0.15) is 60.1 Å².